The summed E-state index contributed by atoms with van der Waals surface area (Å²) in [4.78, 5) is 12.5. The van der Waals surface area contributed by atoms with Gasteiger partial charge in [0.05, 0.1) is 21.2 Å². The van der Waals surface area contributed by atoms with E-state index in [0.29, 0.717) is 17.0 Å². The van der Waals surface area contributed by atoms with E-state index in [4.69, 9.17) is 10.00 Å². The summed E-state index contributed by atoms with van der Waals surface area (Å²) in [5, 5.41) is 8.56. The molecule has 0 saturated carbocycles. The standard InChI is InChI=1S/C14H10BrNO2S/c15-14-6-5-13(19-14)12(17)9-18-11-3-1-10(2-4-11)7-8-16/h1-6H,7,9H2. The number of Topliss-reactive ketones (excluding diaryl/α,β-unsaturated/α-hetero) is 1. The molecule has 0 saturated heterocycles. The number of ether oxygens (including phenoxy) is 1. The topological polar surface area (TPSA) is 50.1 Å². The molecule has 96 valence electrons. The Morgan fingerprint density at radius 2 is 2.00 bits per heavy atom. The molecule has 0 radical (unpaired) electrons. The molecule has 3 nitrogen and oxygen atoms in total. The van der Waals surface area contributed by atoms with Crippen molar-refractivity contribution >= 4 is 33.0 Å². The summed E-state index contributed by atoms with van der Waals surface area (Å²) in [6.45, 7) is 0.0184. The first-order valence-electron chi connectivity index (χ1n) is 5.56. The molecule has 0 atom stereocenters. The number of hydrogen-bond acceptors (Lipinski definition) is 4. The van der Waals surface area contributed by atoms with Crippen LogP contribution in [0.1, 0.15) is 15.2 Å². The summed E-state index contributed by atoms with van der Waals surface area (Å²) in [7, 11) is 0. The van der Waals surface area contributed by atoms with Crippen LogP contribution in [0.4, 0.5) is 0 Å². The monoisotopic (exact) mass is 335 g/mol. The fraction of sp³-hybridized carbons (Fsp3) is 0.143. The molecule has 0 amide bonds. The fourth-order valence-electron chi connectivity index (χ4n) is 1.48. The number of rotatable bonds is 5. The molecule has 0 N–H and O–H groups in total. The molecule has 0 spiro atoms. The quantitative estimate of drug-likeness (QED) is 0.780. The van der Waals surface area contributed by atoms with Gasteiger partial charge in [0.25, 0.3) is 0 Å². The molecule has 2 aromatic rings. The second kappa shape index (κ2) is 6.50. The molecule has 0 bridgehead atoms. The molecule has 5 heteroatoms. The van der Waals surface area contributed by atoms with E-state index in [2.05, 4.69) is 22.0 Å². The highest BCUT2D eigenvalue weighted by Gasteiger charge is 2.09. The minimum Gasteiger partial charge on any atom is -0.485 e. The number of benzene rings is 1. The van der Waals surface area contributed by atoms with Gasteiger partial charge in [0.2, 0.25) is 5.78 Å². The summed E-state index contributed by atoms with van der Waals surface area (Å²) in [5.74, 6) is 0.586. The van der Waals surface area contributed by atoms with Crippen molar-refractivity contribution in [3.05, 3.63) is 50.6 Å². The van der Waals surface area contributed by atoms with E-state index >= 15 is 0 Å². The van der Waals surface area contributed by atoms with Crippen molar-refractivity contribution in [1.29, 1.82) is 5.26 Å². The Morgan fingerprint density at radius 1 is 1.26 bits per heavy atom. The van der Waals surface area contributed by atoms with Crippen LogP contribution in [0.2, 0.25) is 0 Å². The predicted octanol–water partition coefficient (Wildman–Crippen LogP) is 3.84. The van der Waals surface area contributed by atoms with Crippen molar-refractivity contribution in [3.8, 4) is 11.8 Å². The highest BCUT2D eigenvalue weighted by atomic mass is 79.9. The van der Waals surface area contributed by atoms with Crippen LogP contribution in [0.3, 0.4) is 0 Å². The number of nitriles is 1. The third-order valence-electron chi connectivity index (χ3n) is 2.42. The van der Waals surface area contributed by atoms with Gasteiger partial charge >= 0.3 is 0 Å². The first-order chi connectivity index (χ1) is 9.19. The van der Waals surface area contributed by atoms with Crippen molar-refractivity contribution in [2.45, 2.75) is 6.42 Å². The average Bonchev–Trinajstić information content (AvgIpc) is 2.85. The van der Waals surface area contributed by atoms with E-state index in [-0.39, 0.29) is 12.4 Å². The number of hydrogen-bond donors (Lipinski definition) is 0. The van der Waals surface area contributed by atoms with Crippen LogP contribution in [0.5, 0.6) is 5.75 Å². The third-order valence-corrected chi connectivity index (χ3v) is 4.09. The van der Waals surface area contributed by atoms with Gasteiger partial charge in [-0.25, -0.2) is 0 Å². The molecule has 0 fully saturated rings. The van der Waals surface area contributed by atoms with Gasteiger partial charge in [0.1, 0.15) is 5.75 Å². The van der Waals surface area contributed by atoms with Crippen molar-refractivity contribution in [2.24, 2.45) is 0 Å². The minimum absolute atomic E-state index is 0.0184. The van der Waals surface area contributed by atoms with Gasteiger partial charge < -0.3 is 4.74 Å². The lowest BCUT2D eigenvalue weighted by Gasteiger charge is -2.04. The van der Waals surface area contributed by atoms with E-state index in [1.54, 1.807) is 18.2 Å². The number of ketones is 1. The van der Waals surface area contributed by atoms with Gasteiger partial charge in [-0.2, -0.15) is 5.26 Å². The summed E-state index contributed by atoms with van der Waals surface area (Å²) in [5.41, 5.74) is 0.934. The van der Waals surface area contributed by atoms with Crippen molar-refractivity contribution in [3.63, 3.8) is 0 Å². The Labute approximate surface area is 123 Å². The maximum atomic E-state index is 11.8. The molecular formula is C14H10BrNO2S. The van der Waals surface area contributed by atoms with Crippen molar-refractivity contribution < 1.29 is 9.53 Å². The molecule has 0 aliphatic carbocycles. The molecule has 19 heavy (non-hydrogen) atoms. The zero-order valence-electron chi connectivity index (χ0n) is 9.93. The van der Waals surface area contributed by atoms with Crippen LogP contribution in [0.15, 0.2) is 40.2 Å². The Kier molecular flexibility index (Phi) is 4.72. The van der Waals surface area contributed by atoms with E-state index in [1.165, 1.54) is 11.3 Å². The molecule has 1 heterocycles. The maximum Gasteiger partial charge on any atom is 0.210 e. The zero-order chi connectivity index (χ0) is 13.7. The second-order valence-electron chi connectivity index (χ2n) is 3.79. The van der Waals surface area contributed by atoms with Crippen LogP contribution < -0.4 is 4.74 Å². The Bertz CT molecular complexity index is 613. The first-order valence-corrected chi connectivity index (χ1v) is 7.17. The van der Waals surface area contributed by atoms with Crippen LogP contribution in [0.25, 0.3) is 0 Å². The number of thiophene rings is 1. The zero-order valence-corrected chi connectivity index (χ0v) is 12.3. The van der Waals surface area contributed by atoms with E-state index in [1.807, 2.05) is 18.2 Å². The lowest BCUT2D eigenvalue weighted by Crippen LogP contribution is -2.09. The molecule has 1 aromatic carbocycles. The minimum atomic E-state index is -0.0446. The molecule has 1 aromatic heterocycles. The smallest absolute Gasteiger partial charge is 0.210 e. The van der Waals surface area contributed by atoms with Crippen LogP contribution >= 0.6 is 27.3 Å². The molecule has 0 aliphatic rings. The number of carbonyl (C=O) groups excluding carboxylic acids is 1. The molecular weight excluding hydrogens is 326 g/mol. The van der Waals surface area contributed by atoms with Gasteiger partial charge in [0, 0.05) is 0 Å². The largest absolute Gasteiger partial charge is 0.485 e. The van der Waals surface area contributed by atoms with Crippen molar-refractivity contribution in [1.82, 2.24) is 0 Å². The molecule has 0 unspecified atom stereocenters. The van der Waals surface area contributed by atoms with Gasteiger partial charge in [-0.05, 0) is 45.8 Å². The Balaban J connectivity index is 1.92. The third kappa shape index (κ3) is 3.91. The molecule has 0 aliphatic heterocycles. The lowest BCUT2D eigenvalue weighted by atomic mass is 10.2. The fourth-order valence-corrected chi connectivity index (χ4v) is 2.79. The van der Waals surface area contributed by atoms with E-state index < -0.39 is 0 Å². The summed E-state index contributed by atoms with van der Waals surface area (Å²) in [6.07, 6.45) is 0.377. The summed E-state index contributed by atoms with van der Waals surface area (Å²) in [6, 6.07) is 12.9. The summed E-state index contributed by atoms with van der Waals surface area (Å²) >= 11 is 4.71. The van der Waals surface area contributed by atoms with Crippen LogP contribution in [0, 0.1) is 11.3 Å². The van der Waals surface area contributed by atoms with Gasteiger partial charge in [-0.15, -0.1) is 11.3 Å². The molecule has 2 rings (SSSR count). The number of nitrogens with zero attached hydrogens (tertiary/aromatic N) is 1. The normalized spacial score (nSPS) is 9.89. The maximum absolute atomic E-state index is 11.8. The summed E-state index contributed by atoms with van der Waals surface area (Å²) < 4.78 is 6.35. The highest BCUT2D eigenvalue weighted by Crippen LogP contribution is 2.22. The van der Waals surface area contributed by atoms with Gasteiger partial charge in [0.15, 0.2) is 6.61 Å². The predicted molar refractivity (Wildman–Crippen MR) is 77.6 cm³/mol. The van der Waals surface area contributed by atoms with Gasteiger partial charge in [-0.1, -0.05) is 12.1 Å². The highest BCUT2D eigenvalue weighted by molar-refractivity contribution is 9.11. The first kappa shape index (κ1) is 13.8. The van der Waals surface area contributed by atoms with Crippen LogP contribution in [-0.4, -0.2) is 12.4 Å². The number of halogens is 1. The Morgan fingerprint density at radius 3 is 2.58 bits per heavy atom. The van der Waals surface area contributed by atoms with Crippen molar-refractivity contribution in [2.75, 3.05) is 6.61 Å². The number of carbonyl (C=O) groups is 1. The lowest BCUT2D eigenvalue weighted by molar-refractivity contribution is 0.0925. The van der Waals surface area contributed by atoms with Crippen LogP contribution in [-0.2, 0) is 6.42 Å². The Hall–Kier alpha value is -1.64. The second-order valence-corrected chi connectivity index (χ2v) is 6.26. The SMILES string of the molecule is N#CCc1ccc(OCC(=O)c2ccc(Br)s2)cc1. The van der Waals surface area contributed by atoms with Gasteiger partial charge in [-0.3, -0.25) is 4.79 Å². The van der Waals surface area contributed by atoms with E-state index in [0.717, 1.165) is 9.35 Å². The average molecular weight is 336 g/mol. The van der Waals surface area contributed by atoms with E-state index in [9.17, 15) is 4.79 Å².